The van der Waals surface area contributed by atoms with E-state index in [0.29, 0.717) is 10.7 Å². The summed E-state index contributed by atoms with van der Waals surface area (Å²) in [5.41, 5.74) is 5.06. The maximum Gasteiger partial charge on any atom is 0.282 e. The third kappa shape index (κ3) is 3.12. The fourth-order valence-corrected chi connectivity index (χ4v) is 2.49. The predicted molar refractivity (Wildman–Crippen MR) is 95.8 cm³/mol. The number of carbonyl (C=O) groups excluding carboxylic acids is 2. The van der Waals surface area contributed by atoms with Gasteiger partial charge in [-0.2, -0.15) is 0 Å². The van der Waals surface area contributed by atoms with Crippen LogP contribution in [0.1, 0.15) is 5.56 Å². The van der Waals surface area contributed by atoms with Crippen LogP contribution in [0, 0.1) is 0 Å². The molecule has 0 radical (unpaired) electrons. The van der Waals surface area contributed by atoms with E-state index in [9.17, 15) is 9.59 Å². The summed E-state index contributed by atoms with van der Waals surface area (Å²) in [6.07, 6.45) is 1.59. The van der Waals surface area contributed by atoms with Crippen LogP contribution in [0.2, 0.25) is 5.02 Å². The summed E-state index contributed by atoms with van der Waals surface area (Å²) in [5, 5.41) is 1.78. The molecule has 6 heteroatoms. The zero-order valence-electron chi connectivity index (χ0n) is 13.3. The van der Waals surface area contributed by atoms with E-state index in [1.807, 2.05) is 43.3 Å². The van der Waals surface area contributed by atoms with Crippen LogP contribution in [0.15, 0.2) is 54.1 Å². The molecule has 5 nitrogen and oxygen atoms in total. The number of nitrogens with zero attached hydrogens (tertiary/aromatic N) is 2. The molecule has 0 unspecified atom stereocenters. The number of amides is 2. The molecule has 1 N–H and O–H groups in total. The van der Waals surface area contributed by atoms with Gasteiger partial charge >= 0.3 is 0 Å². The summed E-state index contributed by atoms with van der Waals surface area (Å²) in [6.45, 7) is 0. The molecule has 2 aromatic rings. The molecule has 2 amide bonds. The Labute approximate surface area is 145 Å². The van der Waals surface area contributed by atoms with Crippen LogP contribution in [0.4, 0.5) is 11.4 Å². The van der Waals surface area contributed by atoms with Gasteiger partial charge in [0.1, 0.15) is 5.57 Å². The van der Waals surface area contributed by atoms with E-state index >= 15 is 0 Å². The third-order valence-corrected chi connectivity index (χ3v) is 3.95. The second kappa shape index (κ2) is 6.37. The lowest BCUT2D eigenvalue weighted by Gasteiger charge is -2.14. The minimum atomic E-state index is -0.424. The van der Waals surface area contributed by atoms with E-state index in [1.165, 1.54) is 5.01 Å². The minimum Gasteiger partial charge on any atom is -0.378 e. The first-order valence-electron chi connectivity index (χ1n) is 7.36. The van der Waals surface area contributed by atoms with E-state index < -0.39 is 5.91 Å². The van der Waals surface area contributed by atoms with Crippen LogP contribution in [0.25, 0.3) is 6.08 Å². The summed E-state index contributed by atoms with van der Waals surface area (Å²) in [7, 11) is 3.90. The minimum absolute atomic E-state index is 0.0996. The Morgan fingerprint density at radius 1 is 1.00 bits per heavy atom. The first-order valence-corrected chi connectivity index (χ1v) is 7.73. The fourth-order valence-electron chi connectivity index (χ4n) is 2.36. The van der Waals surface area contributed by atoms with E-state index in [4.69, 9.17) is 11.6 Å². The van der Waals surface area contributed by atoms with E-state index in [0.717, 1.165) is 11.3 Å². The maximum absolute atomic E-state index is 12.5. The number of benzene rings is 2. The zero-order chi connectivity index (χ0) is 17.3. The molecule has 0 saturated carbocycles. The van der Waals surface area contributed by atoms with Crippen molar-refractivity contribution in [1.82, 2.24) is 5.43 Å². The number of rotatable bonds is 3. The summed E-state index contributed by atoms with van der Waals surface area (Å²) in [6, 6.07) is 14.3. The van der Waals surface area contributed by atoms with Gasteiger partial charge in [0.05, 0.1) is 5.69 Å². The van der Waals surface area contributed by atoms with Gasteiger partial charge in [0.25, 0.3) is 11.8 Å². The quantitative estimate of drug-likeness (QED) is 0.690. The topological polar surface area (TPSA) is 52.7 Å². The molecule has 0 aliphatic carbocycles. The predicted octanol–water partition coefficient (Wildman–Crippen LogP) is 2.87. The van der Waals surface area contributed by atoms with Crippen LogP contribution in [0.3, 0.4) is 0 Å². The Morgan fingerprint density at radius 3 is 2.21 bits per heavy atom. The van der Waals surface area contributed by atoms with Crippen molar-refractivity contribution < 1.29 is 9.59 Å². The molecule has 122 valence electrons. The number of hydrazine groups is 1. The first kappa shape index (κ1) is 16.1. The third-order valence-electron chi connectivity index (χ3n) is 3.70. The second-order valence-electron chi connectivity index (χ2n) is 5.60. The van der Waals surface area contributed by atoms with Gasteiger partial charge in [-0.3, -0.25) is 15.0 Å². The zero-order valence-corrected chi connectivity index (χ0v) is 14.0. The van der Waals surface area contributed by atoms with Crippen molar-refractivity contribution in [2.45, 2.75) is 0 Å². The molecule has 0 bridgehead atoms. The van der Waals surface area contributed by atoms with Crippen LogP contribution in [-0.2, 0) is 9.59 Å². The maximum atomic E-state index is 12.5. The molecule has 1 aliphatic heterocycles. The highest BCUT2D eigenvalue weighted by Gasteiger charge is 2.34. The lowest BCUT2D eigenvalue weighted by atomic mass is 10.1. The molecule has 1 heterocycles. The molecule has 1 saturated heterocycles. The number of carbonyl (C=O) groups is 2. The van der Waals surface area contributed by atoms with Gasteiger partial charge in [-0.25, -0.2) is 5.01 Å². The molecule has 1 aliphatic rings. The Kier molecular flexibility index (Phi) is 4.27. The highest BCUT2D eigenvalue weighted by Crippen LogP contribution is 2.23. The first-order chi connectivity index (χ1) is 11.5. The summed E-state index contributed by atoms with van der Waals surface area (Å²) < 4.78 is 0. The van der Waals surface area contributed by atoms with Gasteiger partial charge in [-0.1, -0.05) is 23.7 Å². The SMILES string of the molecule is CN(C)c1ccc(C=C2C(=O)NN(c3ccc(Cl)cc3)C2=O)cc1. The molecular formula is C18H16ClN3O2. The molecular weight excluding hydrogens is 326 g/mol. The molecule has 1 fully saturated rings. The Bertz CT molecular complexity index is 811. The van der Waals surface area contributed by atoms with Crippen LogP contribution in [-0.4, -0.2) is 25.9 Å². The van der Waals surface area contributed by atoms with Crippen LogP contribution >= 0.6 is 11.6 Å². The van der Waals surface area contributed by atoms with E-state index in [2.05, 4.69) is 5.43 Å². The normalized spacial score (nSPS) is 15.8. The van der Waals surface area contributed by atoms with Crippen molar-refractivity contribution in [1.29, 1.82) is 0 Å². The largest absolute Gasteiger partial charge is 0.378 e. The van der Waals surface area contributed by atoms with Crippen LogP contribution < -0.4 is 15.3 Å². The highest BCUT2D eigenvalue weighted by atomic mass is 35.5. The van der Waals surface area contributed by atoms with Gasteiger partial charge in [-0.05, 0) is 48.0 Å². The number of nitrogens with one attached hydrogen (secondary N) is 1. The number of anilines is 2. The van der Waals surface area contributed by atoms with Gasteiger partial charge < -0.3 is 4.90 Å². The fraction of sp³-hybridized carbons (Fsp3) is 0.111. The second-order valence-corrected chi connectivity index (χ2v) is 6.04. The van der Waals surface area contributed by atoms with Crippen molar-refractivity contribution >= 4 is 40.9 Å². The monoisotopic (exact) mass is 341 g/mol. The number of halogens is 1. The lowest BCUT2D eigenvalue weighted by molar-refractivity contribution is -0.117. The molecule has 3 rings (SSSR count). The molecule has 0 aromatic heterocycles. The molecule has 24 heavy (non-hydrogen) atoms. The number of hydrogen-bond acceptors (Lipinski definition) is 3. The van der Waals surface area contributed by atoms with Crippen molar-refractivity contribution in [2.75, 3.05) is 24.0 Å². The van der Waals surface area contributed by atoms with E-state index in [1.54, 1.807) is 30.3 Å². The average Bonchev–Trinajstić information content (AvgIpc) is 2.84. The molecule has 0 spiro atoms. The molecule has 2 aromatic carbocycles. The van der Waals surface area contributed by atoms with Gasteiger partial charge in [0, 0.05) is 24.8 Å². The van der Waals surface area contributed by atoms with Crippen molar-refractivity contribution in [3.05, 3.63) is 64.7 Å². The van der Waals surface area contributed by atoms with Gasteiger partial charge in [-0.15, -0.1) is 0 Å². The van der Waals surface area contributed by atoms with Crippen LogP contribution in [0.5, 0.6) is 0 Å². The van der Waals surface area contributed by atoms with Gasteiger partial charge in [0.15, 0.2) is 0 Å². The summed E-state index contributed by atoms with van der Waals surface area (Å²) in [4.78, 5) is 26.6. The summed E-state index contributed by atoms with van der Waals surface area (Å²) in [5.74, 6) is -0.814. The molecule has 0 atom stereocenters. The summed E-state index contributed by atoms with van der Waals surface area (Å²) >= 11 is 5.85. The van der Waals surface area contributed by atoms with Crippen molar-refractivity contribution in [3.63, 3.8) is 0 Å². The van der Waals surface area contributed by atoms with Crippen molar-refractivity contribution in [2.24, 2.45) is 0 Å². The standard InChI is InChI=1S/C18H16ClN3O2/c1-21(2)14-7-3-12(4-8-14)11-16-17(23)20-22(18(16)24)15-9-5-13(19)6-10-15/h3-11H,1-2H3,(H,20,23). The van der Waals surface area contributed by atoms with Gasteiger partial charge in [0.2, 0.25) is 0 Å². The average molecular weight is 342 g/mol. The van der Waals surface area contributed by atoms with Crippen molar-refractivity contribution in [3.8, 4) is 0 Å². The Morgan fingerprint density at radius 2 is 1.62 bits per heavy atom. The highest BCUT2D eigenvalue weighted by molar-refractivity contribution is 6.32. The van der Waals surface area contributed by atoms with E-state index in [-0.39, 0.29) is 11.5 Å². The lowest BCUT2D eigenvalue weighted by Crippen LogP contribution is -2.35. The number of hydrogen-bond donors (Lipinski definition) is 1. The Balaban J connectivity index is 1.87. The Hall–Kier alpha value is -2.79. The smallest absolute Gasteiger partial charge is 0.282 e.